The lowest BCUT2D eigenvalue weighted by Crippen LogP contribution is -2.45. The van der Waals surface area contributed by atoms with Gasteiger partial charge < -0.3 is 10.1 Å². The number of hydrogen-bond acceptors (Lipinski definition) is 5. The number of nitrogens with one attached hydrogen (secondary N) is 1. The fourth-order valence-corrected chi connectivity index (χ4v) is 5.97. The molecule has 5 rings (SSSR count). The van der Waals surface area contributed by atoms with E-state index in [9.17, 15) is 9.59 Å². The maximum atomic E-state index is 13.2. The maximum absolute atomic E-state index is 13.2. The molecule has 0 aliphatic heterocycles. The van der Waals surface area contributed by atoms with Crippen molar-refractivity contribution in [1.29, 1.82) is 0 Å². The molecule has 3 aliphatic carbocycles. The summed E-state index contributed by atoms with van der Waals surface area (Å²) in [6, 6.07) is 19.6. The number of aliphatic imine (C=N–C) groups is 2. The molecule has 1 amide bonds. The second-order valence-corrected chi connectivity index (χ2v) is 10.3. The molecule has 0 radical (unpaired) electrons. The fourth-order valence-electron chi connectivity index (χ4n) is 5.97. The van der Waals surface area contributed by atoms with Gasteiger partial charge in [0.1, 0.15) is 12.1 Å². The summed E-state index contributed by atoms with van der Waals surface area (Å²) in [5.74, 6) is -0.0915. The number of carbonyl (C=O) groups excluding carboxylic acids is 2. The SMILES string of the molecule is O=C(NCC(=O)C1(N=C=NC2CCCCC2)CCCCC1)OCC1c2ccccc2-c2ccccc21. The van der Waals surface area contributed by atoms with Crippen molar-refractivity contribution in [2.75, 3.05) is 13.2 Å². The average molecular weight is 486 g/mol. The number of fused-ring (bicyclic) bond motifs is 3. The lowest BCUT2D eigenvalue weighted by Gasteiger charge is -2.31. The van der Waals surface area contributed by atoms with Gasteiger partial charge in [-0.3, -0.25) is 4.79 Å². The third kappa shape index (κ3) is 5.29. The van der Waals surface area contributed by atoms with Gasteiger partial charge in [-0.2, -0.15) is 0 Å². The average Bonchev–Trinajstić information content (AvgIpc) is 3.25. The van der Waals surface area contributed by atoms with Crippen molar-refractivity contribution in [3.8, 4) is 11.1 Å². The molecule has 2 saturated carbocycles. The smallest absolute Gasteiger partial charge is 0.407 e. The molecule has 36 heavy (non-hydrogen) atoms. The number of nitrogens with zero attached hydrogens (tertiary/aromatic N) is 2. The molecule has 3 aliphatic rings. The van der Waals surface area contributed by atoms with Crippen LogP contribution in [0.3, 0.4) is 0 Å². The van der Waals surface area contributed by atoms with Gasteiger partial charge in [0.15, 0.2) is 5.78 Å². The minimum atomic E-state index is -0.826. The molecule has 2 aromatic carbocycles. The van der Waals surface area contributed by atoms with Crippen LogP contribution in [-0.4, -0.2) is 42.6 Å². The minimum Gasteiger partial charge on any atom is -0.449 e. The van der Waals surface area contributed by atoms with Crippen LogP contribution in [0.1, 0.15) is 81.3 Å². The van der Waals surface area contributed by atoms with E-state index in [1.165, 1.54) is 30.4 Å². The molecular formula is C30H35N3O3. The highest BCUT2D eigenvalue weighted by Crippen LogP contribution is 2.44. The third-order valence-electron chi connectivity index (χ3n) is 8.02. The predicted molar refractivity (Wildman–Crippen MR) is 141 cm³/mol. The Morgan fingerprint density at radius 2 is 1.50 bits per heavy atom. The Balaban J connectivity index is 1.19. The Morgan fingerprint density at radius 1 is 0.889 bits per heavy atom. The van der Waals surface area contributed by atoms with E-state index in [-0.39, 0.29) is 30.9 Å². The lowest BCUT2D eigenvalue weighted by molar-refractivity contribution is -0.124. The van der Waals surface area contributed by atoms with E-state index in [2.05, 4.69) is 45.6 Å². The second-order valence-electron chi connectivity index (χ2n) is 10.3. The molecule has 0 saturated heterocycles. The number of rotatable bonds is 7. The van der Waals surface area contributed by atoms with Crippen LogP contribution < -0.4 is 5.32 Å². The largest absolute Gasteiger partial charge is 0.449 e. The Hall–Kier alpha value is -3.24. The Labute approximate surface area is 213 Å². The highest BCUT2D eigenvalue weighted by Gasteiger charge is 2.39. The van der Waals surface area contributed by atoms with Gasteiger partial charge in [0.25, 0.3) is 0 Å². The predicted octanol–water partition coefficient (Wildman–Crippen LogP) is 6.30. The Morgan fingerprint density at radius 3 is 2.17 bits per heavy atom. The van der Waals surface area contributed by atoms with Crippen molar-refractivity contribution in [2.24, 2.45) is 9.98 Å². The lowest BCUT2D eigenvalue weighted by atomic mass is 9.79. The summed E-state index contributed by atoms with van der Waals surface area (Å²) >= 11 is 0. The van der Waals surface area contributed by atoms with E-state index >= 15 is 0 Å². The molecule has 1 N–H and O–H groups in total. The number of ether oxygens (including phenoxy) is 1. The first-order valence-corrected chi connectivity index (χ1v) is 13.5. The number of benzene rings is 2. The van der Waals surface area contributed by atoms with Gasteiger partial charge in [-0.05, 0) is 47.9 Å². The van der Waals surface area contributed by atoms with Crippen LogP contribution in [0.4, 0.5) is 4.79 Å². The molecule has 0 heterocycles. The van der Waals surface area contributed by atoms with Crippen LogP contribution in [0.15, 0.2) is 58.5 Å². The summed E-state index contributed by atoms with van der Waals surface area (Å²) in [5, 5.41) is 2.69. The molecule has 188 valence electrons. The minimum absolute atomic E-state index is 0.0101. The zero-order valence-corrected chi connectivity index (χ0v) is 20.9. The summed E-state index contributed by atoms with van der Waals surface area (Å²) in [6.45, 7) is 0.136. The van der Waals surface area contributed by atoms with Crippen LogP contribution in [0, 0.1) is 0 Å². The standard InChI is InChI=1S/C30H35N3O3/c34-28(30(17-9-2-10-18-30)33-21-32-22-11-3-1-4-12-22)19-31-29(35)36-20-27-25-15-7-5-13-23(25)24-14-6-8-16-26(24)27/h5-8,13-16,22,27H,1-4,9-12,17-20H2,(H,31,35). The van der Waals surface area contributed by atoms with Gasteiger partial charge in [0, 0.05) is 5.92 Å². The van der Waals surface area contributed by atoms with Crippen molar-refractivity contribution in [3.63, 3.8) is 0 Å². The van der Waals surface area contributed by atoms with Gasteiger partial charge in [-0.15, -0.1) is 0 Å². The number of hydrogen-bond donors (Lipinski definition) is 1. The van der Waals surface area contributed by atoms with Gasteiger partial charge >= 0.3 is 6.09 Å². The molecule has 2 aromatic rings. The Kier molecular flexibility index (Phi) is 7.62. The topological polar surface area (TPSA) is 80.1 Å². The van der Waals surface area contributed by atoms with Gasteiger partial charge in [0.05, 0.1) is 18.6 Å². The molecule has 2 fully saturated rings. The molecule has 6 nitrogen and oxygen atoms in total. The van der Waals surface area contributed by atoms with Crippen molar-refractivity contribution in [1.82, 2.24) is 5.32 Å². The van der Waals surface area contributed by atoms with Crippen LogP contribution in [0.2, 0.25) is 0 Å². The van der Waals surface area contributed by atoms with Crippen molar-refractivity contribution in [3.05, 3.63) is 59.7 Å². The molecule has 0 atom stereocenters. The van der Waals surface area contributed by atoms with Gasteiger partial charge in [-0.25, -0.2) is 14.8 Å². The zero-order valence-electron chi connectivity index (χ0n) is 20.9. The van der Waals surface area contributed by atoms with E-state index in [4.69, 9.17) is 4.74 Å². The summed E-state index contributed by atoms with van der Waals surface area (Å²) < 4.78 is 5.60. The normalized spacial score (nSPS) is 18.9. The highest BCUT2D eigenvalue weighted by molar-refractivity contribution is 5.93. The van der Waals surface area contributed by atoms with E-state index in [0.717, 1.165) is 43.2 Å². The van der Waals surface area contributed by atoms with E-state index < -0.39 is 11.6 Å². The third-order valence-corrected chi connectivity index (χ3v) is 8.02. The van der Waals surface area contributed by atoms with E-state index in [1.807, 2.05) is 24.3 Å². The first-order valence-electron chi connectivity index (χ1n) is 13.5. The maximum Gasteiger partial charge on any atom is 0.407 e. The number of amides is 1. The van der Waals surface area contributed by atoms with Crippen molar-refractivity contribution < 1.29 is 14.3 Å². The second kappa shape index (κ2) is 11.2. The molecule has 6 heteroatoms. The summed E-state index contributed by atoms with van der Waals surface area (Å²) in [7, 11) is 0. The van der Waals surface area contributed by atoms with Crippen LogP contribution in [0.25, 0.3) is 11.1 Å². The number of Topliss-reactive ketones (excluding diaryl/α,β-unsaturated/α-hetero) is 1. The van der Waals surface area contributed by atoms with Crippen LogP contribution in [-0.2, 0) is 9.53 Å². The Bertz CT molecular complexity index is 1110. The number of alkyl carbamates (subject to hydrolysis) is 1. The number of ketones is 1. The molecular weight excluding hydrogens is 450 g/mol. The summed E-state index contributed by atoms with van der Waals surface area (Å²) in [6.07, 6.45) is 9.62. The molecule has 0 spiro atoms. The van der Waals surface area contributed by atoms with Crippen LogP contribution >= 0.6 is 0 Å². The van der Waals surface area contributed by atoms with E-state index in [0.29, 0.717) is 12.8 Å². The fraction of sp³-hybridized carbons (Fsp3) is 0.500. The first-order chi connectivity index (χ1) is 17.7. The quantitative estimate of drug-likeness (QED) is 0.467. The van der Waals surface area contributed by atoms with Crippen molar-refractivity contribution in [2.45, 2.75) is 81.7 Å². The zero-order chi connectivity index (χ0) is 24.8. The van der Waals surface area contributed by atoms with Crippen LogP contribution in [0.5, 0.6) is 0 Å². The van der Waals surface area contributed by atoms with E-state index in [1.54, 1.807) is 0 Å². The molecule has 0 unspecified atom stereocenters. The number of carbonyl (C=O) groups is 2. The molecule has 0 aromatic heterocycles. The van der Waals surface area contributed by atoms with Gasteiger partial charge in [0.2, 0.25) is 0 Å². The monoisotopic (exact) mass is 485 g/mol. The van der Waals surface area contributed by atoms with Crippen molar-refractivity contribution >= 4 is 17.9 Å². The molecule has 0 bridgehead atoms. The highest BCUT2D eigenvalue weighted by atomic mass is 16.5. The van der Waals surface area contributed by atoms with Gasteiger partial charge in [-0.1, -0.05) is 87.1 Å². The first kappa shape index (κ1) is 24.5. The summed E-state index contributed by atoms with van der Waals surface area (Å²) in [5.41, 5.74) is 3.87. The summed E-state index contributed by atoms with van der Waals surface area (Å²) in [4.78, 5) is 35.0.